The molecule has 100 valence electrons. The van der Waals surface area contributed by atoms with Crippen LogP contribution in [0.5, 0.6) is 0 Å². The third-order valence-corrected chi connectivity index (χ3v) is 3.88. The number of aryl methyl sites for hydroxylation is 1. The van der Waals surface area contributed by atoms with E-state index in [0.29, 0.717) is 16.1 Å². The topological polar surface area (TPSA) is 32.9 Å². The van der Waals surface area contributed by atoms with Crippen molar-refractivity contribution < 1.29 is 4.79 Å². The Morgan fingerprint density at radius 1 is 1.20 bits per heavy atom. The molecule has 0 aliphatic carbocycles. The van der Waals surface area contributed by atoms with Crippen LogP contribution < -0.4 is 0 Å². The van der Waals surface area contributed by atoms with Crippen molar-refractivity contribution in [3.63, 3.8) is 0 Å². The van der Waals surface area contributed by atoms with E-state index in [1.54, 1.807) is 24.4 Å². The summed E-state index contributed by atoms with van der Waals surface area (Å²) >= 11 is 9.37. The second kappa shape index (κ2) is 5.08. The fourth-order valence-corrected chi connectivity index (χ4v) is 3.12. The molecule has 20 heavy (non-hydrogen) atoms. The third-order valence-electron chi connectivity index (χ3n) is 3.21. The maximum Gasteiger partial charge on any atom is 0.195 e. The summed E-state index contributed by atoms with van der Waals surface area (Å²) in [6.07, 6.45) is 1.75. The molecule has 2 nitrogen and oxygen atoms in total. The first kappa shape index (κ1) is 13.4. The lowest BCUT2D eigenvalue weighted by Gasteiger charge is -2.02. The third kappa shape index (κ3) is 2.39. The Kier molecular flexibility index (Phi) is 3.40. The Bertz CT molecular complexity index is 802. The maximum absolute atomic E-state index is 12.6. The van der Waals surface area contributed by atoms with E-state index in [0.717, 1.165) is 20.9 Å². The van der Waals surface area contributed by atoms with Gasteiger partial charge in [0.1, 0.15) is 0 Å². The van der Waals surface area contributed by atoms with Crippen molar-refractivity contribution in [2.45, 2.75) is 6.92 Å². The number of benzene rings is 2. The van der Waals surface area contributed by atoms with Gasteiger partial charge in [-0.3, -0.25) is 4.79 Å². The molecule has 0 saturated heterocycles. The minimum absolute atomic E-state index is 0.0370. The molecule has 3 aromatic rings. The summed E-state index contributed by atoms with van der Waals surface area (Å²) < 4.78 is 0.796. The number of carbonyl (C=O) groups is 1. The van der Waals surface area contributed by atoms with Gasteiger partial charge in [-0.05, 0) is 37.3 Å². The van der Waals surface area contributed by atoms with Gasteiger partial charge >= 0.3 is 0 Å². The molecule has 1 aromatic heterocycles. The number of H-pyrrole nitrogens is 1. The lowest BCUT2D eigenvalue weighted by Crippen LogP contribution is -2.00. The molecule has 0 saturated carbocycles. The van der Waals surface area contributed by atoms with Gasteiger partial charge in [-0.1, -0.05) is 39.2 Å². The summed E-state index contributed by atoms with van der Waals surface area (Å²) in [6, 6.07) is 11.2. The first-order valence-corrected chi connectivity index (χ1v) is 7.30. The van der Waals surface area contributed by atoms with Gasteiger partial charge in [0.25, 0.3) is 0 Å². The smallest absolute Gasteiger partial charge is 0.195 e. The van der Waals surface area contributed by atoms with Gasteiger partial charge in [-0.15, -0.1) is 0 Å². The van der Waals surface area contributed by atoms with E-state index >= 15 is 0 Å². The summed E-state index contributed by atoms with van der Waals surface area (Å²) in [6.45, 7) is 2.01. The fourth-order valence-electron chi connectivity index (χ4n) is 2.26. The number of fused-ring (bicyclic) bond motifs is 1. The molecule has 0 bridgehead atoms. The van der Waals surface area contributed by atoms with Crippen LogP contribution >= 0.6 is 27.5 Å². The van der Waals surface area contributed by atoms with Crippen LogP contribution in [0.2, 0.25) is 5.02 Å². The number of hydrogen-bond donors (Lipinski definition) is 1. The average Bonchev–Trinajstić information content (AvgIpc) is 2.79. The van der Waals surface area contributed by atoms with Crippen molar-refractivity contribution in [2.75, 3.05) is 0 Å². The number of aromatic amines is 1. The van der Waals surface area contributed by atoms with Crippen LogP contribution in [0.3, 0.4) is 0 Å². The molecule has 0 unspecified atom stereocenters. The van der Waals surface area contributed by atoms with E-state index in [2.05, 4.69) is 20.9 Å². The molecule has 0 amide bonds. The highest BCUT2D eigenvalue weighted by Gasteiger charge is 2.15. The van der Waals surface area contributed by atoms with Crippen LogP contribution in [-0.2, 0) is 0 Å². The van der Waals surface area contributed by atoms with Gasteiger partial charge in [-0.25, -0.2) is 0 Å². The number of nitrogens with one attached hydrogen (secondary N) is 1. The molecular formula is C16H11BrClNO. The van der Waals surface area contributed by atoms with Crippen molar-refractivity contribution in [1.29, 1.82) is 0 Å². The Balaban J connectivity index is 2.15. The number of aromatic nitrogens is 1. The standard InChI is InChI=1S/C16H11BrClNO/c1-9-2-3-15-13(4-9)14(8-19-15)16(20)10-5-11(17)7-12(18)6-10/h2-8,19H,1H3. The highest BCUT2D eigenvalue weighted by molar-refractivity contribution is 9.10. The minimum atomic E-state index is -0.0370. The SMILES string of the molecule is Cc1ccc2[nH]cc(C(=O)c3cc(Cl)cc(Br)c3)c2c1. The van der Waals surface area contributed by atoms with Crippen molar-refractivity contribution in [1.82, 2.24) is 4.98 Å². The number of halogens is 2. The summed E-state index contributed by atoms with van der Waals surface area (Å²) in [5.74, 6) is -0.0370. The second-order valence-corrected chi connectivity index (χ2v) is 6.09. The van der Waals surface area contributed by atoms with Crippen molar-refractivity contribution in [2.24, 2.45) is 0 Å². The van der Waals surface area contributed by atoms with Crippen LogP contribution in [0.4, 0.5) is 0 Å². The zero-order valence-corrected chi connectivity index (χ0v) is 13.0. The fraction of sp³-hybridized carbons (Fsp3) is 0.0625. The van der Waals surface area contributed by atoms with Crippen molar-refractivity contribution >= 4 is 44.2 Å². The van der Waals surface area contributed by atoms with Gasteiger partial charge in [-0.2, -0.15) is 0 Å². The van der Waals surface area contributed by atoms with Crippen molar-refractivity contribution in [3.8, 4) is 0 Å². The van der Waals surface area contributed by atoms with Crippen LogP contribution in [-0.4, -0.2) is 10.8 Å². The first-order valence-electron chi connectivity index (χ1n) is 6.13. The Labute approximate surface area is 129 Å². The Hall–Kier alpha value is -1.58. The van der Waals surface area contributed by atoms with Crippen LogP contribution in [0.15, 0.2) is 47.1 Å². The molecule has 0 fully saturated rings. The van der Waals surface area contributed by atoms with E-state index in [1.807, 2.05) is 25.1 Å². The Morgan fingerprint density at radius 2 is 2.00 bits per heavy atom. The molecule has 2 aromatic carbocycles. The highest BCUT2D eigenvalue weighted by Crippen LogP contribution is 2.25. The van der Waals surface area contributed by atoms with E-state index in [1.165, 1.54) is 0 Å². The molecule has 1 N–H and O–H groups in total. The van der Waals surface area contributed by atoms with Gasteiger partial charge in [0.05, 0.1) is 0 Å². The summed E-state index contributed by atoms with van der Waals surface area (Å²) in [4.78, 5) is 15.8. The molecule has 1 heterocycles. The number of carbonyl (C=O) groups excluding carboxylic acids is 1. The lowest BCUT2D eigenvalue weighted by molar-refractivity contribution is 0.104. The zero-order chi connectivity index (χ0) is 14.3. The molecule has 0 atom stereocenters. The number of hydrogen-bond acceptors (Lipinski definition) is 1. The zero-order valence-electron chi connectivity index (χ0n) is 10.7. The molecule has 0 aliphatic rings. The lowest BCUT2D eigenvalue weighted by atomic mass is 10.0. The second-order valence-electron chi connectivity index (χ2n) is 4.74. The van der Waals surface area contributed by atoms with Crippen LogP contribution in [0.25, 0.3) is 10.9 Å². The normalized spacial score (nSPS) is 10.9. The predicted octanol–water partition coefficient (Wildman–Crippen LogP) is 5.12. The Morgan fingerprint density at radius 3 is 2.75 bits per heavy atom. The molecule has 0 aliphatic heterocycles. The summed E-state index contributed by atoms with van der Waals surface area (Å²) in [5.41, 5.74) is 3.32. The largest absolute Gasteiger partial charge is 0.360 e. The van der Waals surface area contributed by atoms with Crippen LogP contribution in [0, 0.1) is 6.92 Å². The first-order chi connectivity index (χ1) is 9.54. The number of rotatable bonds is 2. The molecular weight excluding hydrogens is 338 g/mol. The highest BCUT2D eigenvalue weighted by atomic mass is 79.9. The van der Waals surface area contributed by atoms with E-state index < -0.39 is 0 Å². The predicted molar refractivity (Wildman–Crippen MR) is 85.6 cm³/mol. The van der Waals surface area contributed by atoms with Gasteiger partial charge in [0.2, 0.25) is 0 Å². The molecule has 4 heteroatoms. The molecule has 3 rings (SSSR count). The average molecular weight is 349 g/mol. The molecule has 0 spiro atoms. The quantitative estimate of drug-likeness (QED) is 0.640. The monoisotopic (exact) mass is 347 g/mol. The summed E-state index contributed by atoms with van der Waals surface area (Å²) in [7, 11) is 0. The van der Waals surface area contributed by atoms with Crippen molar-refractivity contribution in [3.05, 3.63) is 68.8 Å². The maximum atomic E-state index is 12.6. The van der Waals surface area contributed by atoms with Gasteiger partial charge in [0, 0.05) is 37.7 Å². The van der Waals surface area contributed by atoms with E-state index in [9.17, 15) is 4.79 Å². The minimum Gasteiger partial charge on any atom is -0.360 e. The molecule has 0 radical (unpaired) electrons. The van der Waals surface area contributed by atoms with Crippen LogP contribution in [0.1, 0.15) is 21.5 Å². The van der Waals surface area contributed by atoms with E-state index in [-0.39, 0.29) is 5.78 Å². The van der Waals surface area contributed by atoms with Gasteiger partial charge < -0.3 is 4.98 Å². The van der Waals surface area contributed by atoms with E-state index in [4.69, 9.17) is 11.6 Å². The number of ketones is 1. The van der Waals surface area contributed by atoms with Gasteiger partial charge in [0.15, 0.2) is 5.78 Å². The summed E-state index contributed by atoms with van der Waals surface area (Å²) in [5, 5.41) is 1.48.